The molecule has 2 N–H and O–H groups in total. The number of nitrogens with zero attached hydrogens (tertiary/aromatic N) is 2. The van der Waals surface area contributed by atoms with Crippen molar-refractivity contribution in [2.45, 2.75) is 58.4 Å². The Kier molecular flexibility index (Phi) is 4.27. The summed E-state index contributed by atoms with van der Waals surface area (Å²) in [5.74, 6) is 2.50. The second-order valence-electron chi connectivity index (χ2n) is 5.40. The molecule has 102 valence electrons. The van der Waals surface area contributed by atoms with Gasteiger partial charge in [0.25, 0.3) is 0 Å². The zero-order valence-corrected chi connectivity index (χ0v) is 11.8. The van der Waals surface area contributed by atoms with E-state index in [4.69, 9.17) is 15.5 Å². The summed E-state index contributed by atoms with van der Waals surface area (Å²) in [4.78, 5) is 4.83. The van der Waals surface area contributed by atoms with Gasteiger partial charge in [0, 0.05) is 31.6 Å². The molecule has 0 atom stereocenters. The third kappa shape index (κ3) is 2.53. The maximum absolute atomic E-state index is 6.33. The van der Waals surface area contributed by atoms with Crippen molar-refractivity contribution < 1.29 is 4.74 Å². The molecule has 1 aliphatic heterocycles. The first-order chi connectivity index (χ1) is 8.65. The topological polar surface area (TPSA) is 53.1 Å². The Morgan fingerprint density at radius 3 is 2.61 bits per heavy atom. The molecule has 0 amide bonds. The normalized spacial score (nSPS) is 17.6. The van der Waals surface area contributed by atoms with Gasteiger partial charge in [-0.2, -0.15) is 0 Å². The highest BCUT2D eigenvalue weighted by atomic mass is 16.5. The van der Waals surface area contributed by atoms with E-state index in [1.165, 1.54) is 0 Å². The van der Waals surface area contributed by atoms with Crippen LogP contribution in [0.1, 0.15) is 63.5 Å². The highest BCUT2D eigenvalue weighted by molar-refractivity contribution is 5.41. The molecule has 1 aromatic rings. The maximum Gasteiger partial charge on any atom is 0.127 e. The van der Waals surface area contributed by atoms with Crippen LogP contribution in [0.15, 0.2) is 0 Å². The molecular weight excluding hydrogens is 226 g/mol. The van der Waals surface area contributed by atoms with Crippen LogP contribution in [0.2, 0.25) is 0 Å². The Morgan fingerprint density at radius 1 is 1.39 bits per heavy atom. The van der Waals surface area contributed by atoms with Gasteiger partial charge in [0.2, 0.25) is 0 Å². The lowest BCUT2D eigenvalue weighted by molar-refractivity contribution is 0.0847. The third-order valence-corrected chi connectivity index (χ3v) is 3.65. The van der Waals surface area contributed by atoms with Crippen LogP contribution < -0.4 is 5.73 Å². The smallest absolute Gasteiger partial charge is 0.127 e. The molecule has 2 rings (SSSR count). The number of nitrogen functional groups attached to an aromatic ring is 1. The van der Waals surface area contributed by atoms with Crippen LogP contribution in [-0.4, -0.2) is 22.8 Å². The maximum atomic E-state index is 6.33. The predicted octanol–water partition coefficient (Wildman–Crippen LogP) is 2.89. The van der Waals surface area contributed by atoms with Gasteiger partial charge in [-0.05, 0) is 33.1 Å². The highest BCUT2D eigenvalue weighted by Gasteiger charge is 2.24. The molecule has 1 saturated heterocycles. The van der Waals surface area contributed by atoms with E-state index < -0.39 is 0 Å². The summed E-state index contributed by atoms with van der Waals surface area (Å²) in [5.41, 5.74) is 7.43. The Morgan fingerprint density at radius 2 is 2.06 bits per heavy atom. The van der Waals surface area contributed by atoms with Crippen LogP contribution in [-0.2, 0) is 11.2 Å². The van der Waals surface area contributed by atoms with Gasteiger partial charge < -0.3 is 15.0 Å². The molecule has 0 saturated carbocycles. The van der Waals surface area contributed by atoms with Gasteiger partial charge in [-0.3, -0.25) is 0 Å². The van der Waals surface area contributed by atoms with Crippen LogP contribution in [0, 0.1) is 0 Å². The Balaban J connectivity index is 2.32. The zero-order chi connectivity index (χ0) is 13.1. The number of ether oxygens (including phenoxy) is 1. The van der Waals surface area contributed by atoms with E-state index in [1.54, 1.807) is 0 Å². The fourth-order valence-corrected chi connectivity index (χ4v) is 2.76. The Labute approximate surface area is 110 Å². The molecule has 1 aliphatic rings. The molecule has 18 heavy (non-hydrogen) atoms. The van der Waals surface area contributed by atoms with Crippen LogP contribution in [0.4, 0.5) is 5.82 Å². The van der Waals surface area contributed by atoms with Crippen molar-refractivity contribution in [3.63, 3.8) is 0 Å². The minimum Gasteiger partial charge on any atom is -0.384 e. The number of rotatable bonds is 4. The van der Waals surface area contributed by atoms with Crippen molar-refractivity contribution in [1.82, 2.24) is 9.55 Å². The number of aromatic nitrogens is 2. The van der Waals surface area contributed by atoms with E-state index in [0.717, 1.165) is 56.2 Å². The first-order valence-corrected chi connectivity index (χ1v) is 7.09. The summed E-state index contributed by atoms with van der Waals surface area (Å²) in [7, 11) is 0. The number of imidazole rings is 1. The summed E-state index contributed by atoms with van der Waals surface area (Å²) >= 11 is 0. The molecule has 0 aliphatic carbocycles. The third-order valence-electron chi connectivity index (χ3n) is 3.65. The van der Waals surface area contributed by atoms with Gasteiger partial charge in [-0.15, -0.1) is 0 Å². The van der Waals surface area contributed by atoms with Crippen LogP contribution in [0.3, 0.4) is 0 Å². The van der Waals surface area contributed by atoms with E-state index in [1.807, 2.05) is 0 Å². The standard InChI is InChI=1S/C14H25N3O/c1-4-5-12-16-13(11-6-8-18-9-7-11)14(15)17(12)10(2)3/h10-11H,4-9,15H2,1-3H3. The lowest BCUT2D eigenvalue weighted by Gasteiger charge is -2.21. The number of hydrogen-bond acceptors (Lipinski definition) is 3. The number of aryl methyl sites for hydroxylation is 1. The zero-order valence-electron chi connectivity index (χ0n) is 11.8. The van der Waals surface area contributed by atoms with Gasteiger partial charge in [-0.25, -0.2) is 4.98 Å². The summed E-state index contributed by atoms with van der Waals surface area (Å²) in [5, 5.41) is 0. The Hall–Kier alpha value is -1.03. The first-order valence-electron chi connectivity index (χ1n) is 7.09. The van der Waals surface area contributed by atoms with Crippen molar-refractivity contribution in [2.75, 3.05) is 18.9 Å². The van der Waals surface area contributed by atoms with E-state index in [9.17, 15) is 0 Å². The van der Waals surface area contributed by atoms with Gasteiger partial charge in [0.15, 0.2) is 0 Å². The molecule has 0 bridgehead atoms. The monoisotopic (exact) mass is 251 g/mol. The molecule has 0 unspecified atom stereocenters. The van der Waals surface area contributed by atoms with Crippen molar-refractivity contribution in [1.29, 1.82) is 0 Å². The van der Waals surface area contributed by atoms with Crippen molar-refractivity contribution in [3.05, 3.63) is 11.5 Å². The average Bonchev–Trinajstić information content (AvgIpc) is 2.68. The van der Waals surface area contributed by atoms with Crippen molar-refractivity contribution in [2.24, 2.45) is 0 Å². The number of nitrogens with two attached hydrogens (primary N) is 1. The number of anilines is 1. The molecule has 0 spiro atoms. The second-order valence-corrected chi connectivity index (χ2v) is 5.40. The summed E-state index contributed by atoms with van der Waals surface area (Å²) < 4.78 is 7.62. The average molecular weight is 251 g/mol. The minimum atomic E-state index is 0.382. The fourth-order valence-electron chi connectivity index (χ4n) is 2.76. The van der Waals surface area contributed by atoms with Crippen LogP contribution >= 0.6 is 0 Å². The SMILES string of the molecule is CCCc1nc(C2CCOCC2)c(N)n1C(C)C. The van der Waals surface area contributed by atoms with E-state index in [-0.39, 0.29) is 0 Å². The molecule has 4 nitrogen and oxygen atoms in total. The molecule has 4 heteroatoms. The molecule has 0 aromatic carbocycles. The highest BCUT2D eigenvalue weighted by Crippen LogP contribution is 2.32. The Bertz CT molecular complexity index is 392. The quantitative estimate of drug-likeness (QED) is 0.895. The summed E-state index contributed by atoms with van der Waals surface area (Å²) in [6, 6.07) is 0.382. The van der Waals surface area contributed by atoms with Gasteiger partial charge in [-0.1, -0.05) is 6.92 Å². The summed E-state index contributed by atoms with van der Waals surface area (Å²) in [6.07, 6.45) is 4.21. The van der Waals surface area contributed by atoms with Crippen molar-refractivity contribution in [3.8, 4) is 0 Å². The fraction of sp³-hybridized carbons (Fsp3) is 0.786. The molecule has 0 radical (unpaired) electrons. The number of hydrogen-bond donors (Lipinski definition) is 1. The largest absolute Gasteiger partial charge is 0.384 e. The van der Waals surface area contributed by atoms with Crippen LogP contribution in [0.25, 0.3) is 0 Å². The minimum absolute atomic E-state index is 0.382. The first kappa shape index (κ1) is 13.4. The van der Waals surface area contributed by atoms with Gasteiger partial charge in [0.1, 0.15) is 11.6 Å². The molecule has 1 aromatic heterocycles. The van der Waals surface area contributed by atoms with E-state index in [0.29, 0.717) is 12.0 Å². The lowest BCUT2D eigenvalue weighted by Crippen LogP contribution is -2.16. The molecule has 2 heterocycles. The van der Waals surface area contributed by atoms with Crippen LogP contribution in [0.5, 0.6) is 0 Å². The van der Waals surface area contributed by atoms with Gasteiger partial charge in [0.05, 0.1) is 5.69 Å². The van der Waals surface area contributed by atoms with E-state index >= 15 is 0 Å². The van der Waals surface area contributed by atoms with E-state index in [2.05, 4.69) is 25.3 Å². The lowest BCUT2D eigenvalue weighted by atomic mass is 9.96. The molecular formula is C14H25N3O. The summed E-state index contributed by atoms with van der Waals surface area (Å²) in [6.45, 7) is 8.20. The predicted molar refractivity (Wildman–Crippen MR) is 73.8 cm³/mol. The molecule has 1 fully saturated rings. The van der Waals surface area contributed by atoms with Crippen molar-refractivity contribution >= 4 is 5.82 Å². The second kappa shape index (κ2) is 5.74. The van der Waals surface area contributed by atoms with Gasteiger partial charge >= 0.3 is 0 Å².